The standard InChI is InChI=1S/C36H56N8O7/c1-26(2)34(45)7-13-48-17-19-50-15-11-43-24-32(39-41-43)29-21-30(23-31(22-29)36(47)38-10-9-37-28(5)6)33-25-44(42-40-33)12-16-51-20-18-49-14-8-35(46)27(3)4/h21-28,37H,7-20H2,1-6H3,(H,38,47). The van der Waals surface area contributed by atoms with Crippen LogP contribution >= 0.6 is 0 Å². The number of ether oxygens (including phenoxy) is 4. The second-order valence-corrected chi connectivity index (χ2v) is 13.1. The summed E-state index contributed by atoms with van der Waals surface area (Å²) in [4.78, 5) is 36.6. The topological polar surface area (TPSA) is 174 Å². The third-order valence-electron chi connectivity index (χ3n) is 7.77. The molecule has 3 rings (SSSR count). The third kappa shape index (κ3) is 15.9. The lowest BCUT2D eigenvalue weighted by atomic mass is 10.0. The van der Waals surface area contributed by atoms with Crippen molar-refractivity contribution in [1.29, 1.82) is 0 Å². The van der Waals surface area contributed by atoms with Crippen LogP contribution in [0.3, 0.4) is 0 Å². The van der Waals surface area contributed by atoms with Crippen molar-refractivity contribution in [2.24, 2.45) is 11.8 Å². The van der Waals surface area contributed by atoms with Crippen molar-refractivity contribution in [2.75, 3.05) is 65.9 Å². The number of aromatic nitrogens is 6. The first-order chi connectivity index (χ1) is 24.5. The molecule has 282 valence electrons. The van der Waals surface area contributed by atoms with Crippen molar-refractivity contribution in [1.82, 2.24) is 40.6 Å². The first kappa shape index (κ1) is 41.5. The second-order valence-electron chi connectivity index (χ2n) is 13.1. The lowest BCUT2D eigenvalue weighted by molar-refractivity contribution is -0.123. The summed E-state index contributed by atoms with van der Waals surface area (Å²) in [6.45, 7) is 17.0. The summed E-state index contributed by atoms with van der Waals surface area (Å²) in [5.74, 6) is 0.204. The van der Waals surface area contributed by atoms with Crippen LogP contribution in [-0.2, 0) is 41.6 Å². The molecule has 2 N–H and O–H groups in total. The Morgan fingerprint density at radius 2 is 1.08 bits per heavy atom. The van der Waals surface area contributed by atoms with Crippen molar-refractivity contribution >= 4 is 17.5 Å². The number of carbonyl (C=O) groups excluding carboxylic acids is 3. The van der Waals surface area contributed by atoms with Gasteiger partial charge in [-0.3, -0.25) is 14.4 Å². The van der Waals surface area contributed by atoms with Gasteiger partial charge in [0.25, 0.3) is 5.91 Å². The normalized spacial score (nSPS) is 11.6. The third-order valence-corrected chi connectivity index (χ3v) is 7.77. The monoisotopic (exact) mass is 712 g/mol. The number of rotatable bonds is 27. The number of benzene rings is 1. The van der Waals surface area contributed by atoms with Crippen LogP contribution in [0.1, 0.15) is 64.7 Å². The summed E-state index contributed by atoms with van der Waals surface area (Å²) in [6, 6.07) is 5.81. The van der Waals surface area contributed by atoms with Crippen LogP contribution in [0.5, 0.6) is 0 Å². The molecule has 15 nitrogen and oxygen atoms in total. The molecule has 3 aromatic rings. The Kier molecular flexibility index (Phi) is 18.6. The highest BCUT2D eigenvalue weighted by molar-refractivity contribution is 5.97. The van der Waals surface area contributed by atoms with E-state index in [1.807, 2.05) is 46.2 Å². The summed E-state index contributed by atoms with van der Waals surface area (Å²) >= 11 is 0. The predicted octanol–water partition coefficient (Wildman–Crippen LogP) is 3.23. The number of hydrogen-bond donors (Lipinski definition) is 2. The average molecular weight is 713 g/mol. The number of amides is 1. The molecular weight excluding hydrogens is 656 g/mol. The van der Waals surface area contributed by atoms with E-state index in [-0.39, 0.29) is 29.3 Å². The van der Waals surface area contributed by atoms with Gasteiger partial charge < -0.3 is 29.6 Å². The Morgan fingerprint density at radius 1 is 0.627 bits per heavy atom. The Balaban J connectivity index is 1.57. The zero-order valence-electron chi connectivity index (χ0n) is 31.1. The van der Waals surface area contributed by atoms with Gasteiger partial charge in [-0.05, 0) is 18.2 Å². The maximum atomic E-state index is 13.2. The predicted molar refractivity (Wildman–Crippen MR) is 192 cm³/mol. The molecule has 0 bridgehead atoms. The molecule has 0 saturated carbocycles. The molecule has 2 aromatic heterocycles. The number of Topliss-reactive ketones (excluding diaryl/α,β-unsaturated/α-hetero) is 2. The molecule has 1 amide bonds. The van der Waals surface area contributed by atoms with Gasteiger partial charge >= 0.3 is 0 Å². The van der Waals surface area contributed by atoms with Crippen molar-refractivity contribution < 1.29 is 33.3 Å². The molecule has 2 heterocycles. The van der Waals surface area contributed by atoms with E-state index in [4.69, 9.17) is 18.9 Å². The Morgan fingerprint density at radius 3 is 1.51 bits per heavy atom. The van der Waals surface area contributed by atoms with Crippen LogP contribution in [0, 0.1) is 11.8 Å². The van der Waals surface area contributed by atoms with Crippen molar-refractivity contribution in [3.63, 3.8) is 0 Å². The van der Waals surface area contributed by atoms with Crippen LogP contribution in [-0.4, -0.2) is 119 Å². The van der Waals surface area contributed by atoms with Gasteiger partial charge in [0.2, 0.25) is 0 Å². The molecule has 1 aromatic carbocycles. The summed E-state index contributed by atoms with van der Waals surface area (Å²) in [7, 11) is 0. The zero-order chi connectivity index (χ0) is 37.0. The molecule has 51 heavy (non-hydrogen) atoms. The van der Waals surface area contributed by atoms with E-state index in [1.54, 1.807) is 21.5 Å². The largest absolute Gasteiger partial charge is 0.379 e. The summed E-state index contributed by atoms with van der Waals surface area (Å²) in [6.07, 6.45) is 4.44. The summed E-state index contributed by atoms with van der Waals surface area (Å²) in [5.41, 5.74) is 3.09. The Bertz CT molecular complexity index is 1400. The van der Waals surface area contributed by atoms with E-state index >= 15 is 0 Å². The van der Waals surface area contributed by atoms with E-state index in [2.05, 4.69) is 45.1 Å². The van der Waals surface area contributed by atoms with E-state index in [0.717, 1.165) is 0 Å². The fourth-order valence-corrected chi connectivity index (χ4v) is 4.66. The second kappa shape index (κ2) is 22.8. The van der Waals surface area contributed by atoms with Gasteiger partial charge in [0.05, 0.1) is 78.3 Å². The molecule has 0 fully saturated rings. The summed E-state index contributed by atoms with van der Waals surface area (Å²) in [5, 5.41) is 23.5. The number of nitrogens with zero attached hydrogens (tertiary/aromatic N) is 6. The van der Waals surface area contributed by atoms with Gasteiger partial charge in [-0.25, -0.2) is 9.36 Å². The maximum absolute atomic E-state index is 13.2. The highest BCUT2D eigenvalue weighted by atomic mass is 16.5. The van der Waals surface area contributed by atoms with E-state index < -0.39 is 0 Å². The lowest BCUT2D eigenvalue weighted by Gasteiger charge is -2.10. The molecule has 0 aliphatic carbocycles. The maximum Gasteiger partial charge on any atom is 0.251 e. The average Bonchev–Trinajstić information content (AvgIpc) is 3.78. The first-order valence-electron chi connectivity index (χ1n) is 17.9. The zero-order valence-corrected chi connectivity index (χ0v) is 31.1. The van der Waals surface area contributed by atoms with Gasteiger partial charge in [0.1, 0.15) is 23.0 Å². The summed E-state index contributed by atoms with van der Waals surface area (Å²) < 4.78 is 25.7. The quantitative estimate of drug-likeness (QED) is 0.111. The number of carbonyl (C=O) groups is 3. The van der Waals surface area contributed by atoms with Crippen molar-refractivity contribution in [3.8, 4) is 22.5 Å². The molecular formula is C36H56N8O7. The highest BCUT2D eigenvalue weighted by Gasteiger charge is 2.15. The minimum absolute atomic E-state index is 0.0182. The molecule has 0 aliphatic rings. The molecule has 0 atom stereocenters. The molecule has 0 aliphatic heterocycles. The van der Waals surface area contributed by atoms with Gasteiger partial charge in [0, 0.05) is 60.5 Å². The smallest absolute Gasteiger partial charge is 0.251 e. The van der Waals surface area contributed by atoms with Crippen LogP contribution in [0.15, 0.2) is 30.6 Å². The fourth-order valence-electron chi connectivity index (χ4n) is 4.66. The molecule has 0 unspecified atom stereocenters. The Hall–Kier alpha value is -3.89. The molecule has 0 spiro atoms. The molecule has 0 radical (unpaired) electrons. The van der Waals surface area contributed by atoms with Gasteiger partial charge in [-0.15, -0.1) is 10.2 Å². The number of hydrogen-bond acceptors (Lipinski definition) is 12. The van der Waals surface area contributed by atoms with E-state index in [9.17, 15) is 14.4 Å². The molecule has 0 saturated heterocycles. The Labute approximate surface area is 301 Å². The van der Waals surface area contributed by atoms with Gasteiger partial charge in [-0.1, -0.05) is 52.0 Å². The minimum Gasteiger partial charge on any atom is -0.379 e. The SMILES string of the molecule is CC(C)NCCNC(=O)c1cc(-c2cn(CCOCCOCCC(=O)C(C)C)nn2)cc(-c2cn(CCOCCOCCC(=O)C(C)C)nn2)c1. The first-order valence-corrected chi connectivity index (χ1v) is 17.9. The van der Waals surface area contributed by atoms with Crippen LogP contribution < -0.4 is 10.6 Å². The van der Waals surface area contributed by atoms with Crippen LogP contribution in [0.2, 0.25) is 0 Å². The van der Waals surface area contributed by atoms with Gasteiger partial charge in [0.15, 0.2) is 0 Å². The lowest BCUT2D eigenvalue weighted by Crippen LogP contribution is -2.34. The fraction of sp³-hybridized carbons (Fsp3) is 0.639. The van der Waals surface area contributed by atoms with Gasteiger partial charge in [-0.2, -0.15) is 0 Å². The van der Waals surface area contributed by atoms with Crippen molar-refractivity contribution in [2.45, 2.75) is 73.5 Å². The molecule has 15 heteroatoms. The van der Waals surface area contributed by atoms with E-state index in [1.165, 1.54) is 0 Å². The number of ketones is 2. The minimum atomic E-state index is -0.211. The number of nitrogens with one attached hydrogen (secondary N) is 2. The van der Waals surface area contributed by atoms with E-state index in [0.29, 0.717) is 126 Å². The van der Waals surface area contributed by atoms with Crippen LogP contribution in [0.25, 0.3) is 22.5 Å². The highest BCUT2D eigenvalue weighted by Crippen LogP contribution is 2.26. The van der Waals surface area contributed by atoms with Crippen LogP contribution in [0.4, 0.5) is 0 Å². The van der Waals surface area contributed by atoms with Crippen molar-refractivity contribution in [3.05, 3.63) is 36.2 Å².